The molecule has 2 aromatic carbocycles. The fourth-order valence-corrected chi connectivity index (χ4v) is 3.53. The van der Waals surface area contributed by atoms with Crippen molar-refractivity contribution in [3.63, 3.8) is 0 Å². The summed E-state index contributed by atoms with van der Waals surface area (Å²) in [6, 6.07) is 8.92. The minimum Gasteiger partial charge on any atom is -0.423 e. The molecule has 0 saturated heterocycles. The molecule has 0 spiro atoms. The number of rotatable bonds is 3. The molecule has 1 aromatic heterocycles. The second kappa shape index (κ2) is 7.03. The molecule has 1 amide bonds. The summed E-state index contributed by atoms with van der Waals surface area (Å²) in [4.78, 5) is 30.3. The highest BCUT2D eigenvalue weighted by Gasteiger charge is 2.51. The van der Waals surface area contributed by atoms with Gasteiger partial charge in [0.25, 0.3) is 5.56 Å². The summed E-state index contributed by atoms with van der Waals surface area (Å²) in [7, 11) is 1.44. The largest absolute Gasteiger partial charge is 0.483 e. The molecule has 30 heavy (non-hydrogen) atoms. The van der Waals surface area contributed by atoms with E-state index < -0.39 is 30.2 Å². The Morgan fingerprint density at radius 2 is 2.00 bits per heavy atom. The number of halogens is 3. The van der Waals surface area contributed by atoms with Crippen LogP contribution in [-0.2, 0) is 18.4 Å². The number of ether oxygens (including phenoxy) is 1. The first-order valence-corrected chi connectivity index (χ1v) is 9.33. The number of carbonyl (C=O) groups is 1. The first kappa shape index (κ1) is 20.2. The Morgan fingerprint density at radius 1 is 1.27 bits per heavy atom. The number of aromatic nitrogens is 2. The van der Waals surface area contributed by atoms with Crippen LogP contribution in [0, 0.1) is 0 Å². The Bertz CT molecular complexity index is 1240. The number of benzene rings is 2. The van der Waals surface area contributed by atoms with Gasteiger partial charge in [-0.2, -0.15) is 8.78 Å². The van der Waals surface area contributed by atoms with Gasteiger partial charge in [-0.25, -0.2) is 4.98 Å². The molecule has 0 unspecified atom stereocenters. The quantitative estimate of drug-likeness (QED) is 0.683. The van der Waals surface area contributed by atoms with Crippen molar-refractivity contribution < 1.29 is 23.4 Å². The van der Waals surface area contributed by atoms with Crippen LogP contribution in [0.3, 0.4) is 0 Å². The van der Waals surface area contributed by atoms with E-state index in [1.807, 2.05) is 0 Å². The number of nitrogens with zero attached hydrogens (tertiary/aromatic N) is 3. The highest BCUT2D eigenvalue weighted by molar-refractivity contribution is 6.31. The van der Waals surface area contributed by atoms with Gasteiger partial charge in [0.15, 0.2) is 5.75 Å². The number of para-hydroxylation sites is 1. The van der Waals surface area contributed by atoms with Gasteiger partial charge in [0.1, 0.15) is 5.82 Å². The molecule has 10 heteroatoms. The van der Waals surface area contributed by atoms with Gasteiger partial charge in [0.2, 0.25) is 0 Å². The molecule has 1 aliphatic heterocycles. The molecule has 0 bridgehead atoms. The second-order valence-corrected chi connectivity index (χ2v) is 7.37. The van der Waals surface area contributed by atoms with E-state index in [-0.39, 0.29) is 28.3 Å². The van der Waals surface area contributed by atoms with Crippen LogP contribution < -0.4 is 15.2 Å². The number of carbonyl (C=O) groups excluding carboxylic acids is 1. The minimum atomic E-state index is -4.14. The lowest BCUT2D eigenvalue weighted by atomic mass is 10.1. The van der Waals surface area contributed by atoms with Crippen LogP contribution in [0.4, 0.5) is 14.5 Å². The van der Waals surface area contributed by atoms with Crippen LogP contribution in [0.5, 0.6) is 5.75 Å². The van der Waals surface area contributed by atoms with E-state index in [4.69, 9.17) is 11.6 Å². The van der Waals surface area contributed by atoms with Crippen molar-refractivity contribution in [1.29, 1.82) is 0 Å². The third-order valence-corrected chi connectivity index (χ3v) is 5.16. The summed E-state index contributed by atoms with van der Waals surface area (Å²) in [5.41, 5.74) is 0.0321. The Hall–Kier alpha value is -3.04. The van der Waals surface area contributed by atoms with Crippen molar-refractivity contribution in [3.8, 4) is 5.75 Å². The van der Waals surface area contributed by atoms with Gasteiger partial charge >= 0.3 is 12.0 Å². The van der Waals surface area contributed by atoms with E-state index in [1.54, 1.807) is 6.07 Å². The van der Waals surface area contributed by atoms with E-state index in [9.17, 15) is 23.5 Å². The van der Waals surface area contributed by atoms with Crippen molar-refractivity contribution in [1.82, 2.24) is 9.55 Å². The van der Waals surface area contributed by atoms with E-state index in [1.165, 1.54) is 48.9 Å². The highest BCUT2D eigenvalue weighted by atomic mass is 35.5. The van der Waals surface area contributed by atoms with Crippen LogP contribution in [0.15, 0.2) is 41.2 Å². The Morgan fingerprint density at radius 3 is 2.70 bits per heavy atom. The van der Waals surface area contributed by atoms with Crippen LogP contribution in [-0.4, -0.2) is 26.7 Å². The molecule has 0 radical (unpaired) electrons. The van der Waals surface area contributed by atoms with Crippen LogP contribution in [0.25, 0.3) is 10.9 Å². The standard InChI is InChI=1S/C20H16ClF2N3O4/c1-10(27)12-4-3-5-15-17(12)30-20(22,23)19(29)26(15)9-16-24-14-8-11(21)6-7-13(14)18(28)25(16)2/h3-8,10,27H,9H2,1-2H3/t10-/m0/s1. The third-order valence-electron chi connectivity index (χ3n) is 4.92. The monoisotopic (exact) mass is 435 g/mol. The zero-order valence-electron chi connectivity index (χ0n) is 15.9. The van der Waals surface area contributed by atoms with Crippen LogP contribution in [0.2, 0.25) is 5.02 Å². The molecular formula is C20H16ClF2N3O4. The zero-order chi connectivity index (χ0) is 21.8. The Balaban J connectivity index is 1.88. The predicted octanol–water partition coefficient (Wildman–Crippen LogP) is 3.16. The predicted molar refractivity (Wildman–Crippen MR) is 106 cm³/mol. The molecule has 3 aromatic rings. The number of aliphatic hydroxyl groups excluding tert-OH is 1. The Kier molecular flexibility index (Phi) is 4.74. The smallest absolute Gasteiger partial charge is 0.423 e. The summed E-state index contributed by atoms with van der Waals surface area (Å²) in [6.45, 7) is 0.985. The fourth-order valence-electron chi connectivity index (χ4n) is 3.36. The van der Waals surface area contributed by atoms with E-state index >= 15 is 0 Å². The lowest BCUT2D eigenvalue weighted by Crippen LogP contribution is -2.51. The van der Waals surface area contributed by atoms with E-state index in [2.05, 4.69) is 9.72 Å². The summed E-state index contributed by atoms with van der Waals surface area (Å²) < 4.78 is 34.5. The summed E-state index contributed by atoms with van der Waals surface area (Å²) in [5, 5.41) is 10.6. The maximum absolute atomic E-state index is 14.4. The SMILES string of the molecule is C[C@H](O)c1cccc2c1OC(F)(F)C(=O)N2Cc1nc2cc(Cl)ccc2c(=O)n1C. The molecular weight excluding hydrogens is 420 g/mol. The average molecular weight is 436 g/mol. The number of hydrogen-bond donors (Lipinski definition) is 1. The summed E-state index contributed by atoms with van der Waals surface area (Å²) in [5.74, 6) is -1.82. The van der Waals surface area contributed by atoms with Gasteiger partial charge in [-0.3, -0.25) is 19.1 Å². The maximum atomic E-state index is 14.4. The van der Waals surface area contributed by atoms with Gasteiger partial charge in [-0.1, -0.05) is 23.7 Å². The van der Waals surface area contributed by atoms with Crippen molar-refractivity contribution in [2.75, 3.05) is 4.90 Å². The van der Waals surface area contributed by atoms with E-state index in [0.29, 0.717) is 10.4 Å². The van der Waals surface area contributed by atoms with E-state index in [0.717, 1.165) is 4.90 Å². The number of hydrogen-bond acceptors (Lipinski definition) is 5. The molecule has 0 fully saturated rings. The molecule has 1 aliphatic rings. The number of alkyl halides is 2. The van der Waals surface area contributed by atoms with Crippen LogP contribution in [0.1, 0.15) is 24.4 Å². The lowest BCUT2D eigenvalue weighted by Gasteiger charge is -2.34. The molecule has 2 heterocycles. The van der Waals surface area contributed by atoms with Gasteiger partial charge in [-0.15, -0.1) is 0 Å². The zero-order valence-corrected chi connectivity index (χ0v) is 16.7. The molecule has 1 N–H and O–H groups in total. The second-order valence-electron chi connectivity index (χ2n) is 6.94. The number of anilines is 1. The molecule has 7 nitrogen and oxygen atoms in total. The van der Waals surface area contributed by atoms with Gasteiger partial charge < -0.3 is 9.84 Å². The van der Waals surface area contributed by atoms with Crippen molar-refractivity contribution in [2.24, 2.45) is 7.05 Å². The molecule has 4 rings (SSSR count). The summed E-state index contributed by atoms with van der Waals surface area (Å²) >= 11 is 5.98. The van der Waals surface area contributed by atoms with Crippen molar-refractivity contribution >= 4 is 34.1 Å². The molecule has 0 aliphatic carbocycles. The van der Waals surface area contributed by atoms with Crippen molar-refractivity contribution in [2.45, 2.75) is 25.7 Å². The molecule has 0 saturated carbocycles. The van der Waals surface area contributed by atoms with Gasteiger partial charge in [0, 0.05) is 17.6 Å². The van der Waals surface area contributed by atoms with Crippen LogP contribution >= 0.6 is 11.6 Å². The van der Waals surface area contributed by atoms with Gasteiger partial charge in [-0.05, 0) is 31.2 Å². The first-order valence-electron chi connectivity index (χ1n) is 8.95. The maximum Gasteiger partial charge on any atom is 0.483 e. The number of amides is 1. The topological polar surface area (TPSA) is 84.7 Å². The molecule has 156 valence electrons. The highest BCUT2D eigenvalue weighted by Crippen LogP contribution is 2.44. The fraction of sp³-hybridized carbons (Fsp3) is 0.250. The third kappa shape index (κ3) is 3.20. The summed E-state index contributed by atoms with van der Waals surface area (Å²) in [6.07, 6.45) is -5.24. The first-order chi connectivity index (χ1) is 14.1. The average Bonchev–Trinajstić information content (AvgIpc) is 2.68. The van der Waals surface area contributed by atoms with Gasteiger partial charge in [0.05, 0.1) is 29.2 Å². The number of aliphatic hydroxyl groups is 1. The Labute approximate surface area is 174 Å². The lowest BCUT2D eigenvalue weighted by molar-refractivity contribution is -0.193. The minimum absolute atomic E-state index is 0.0461. The normalized spacial score (nSPS) is 16.3. The van der Waals surface area contributed by atoms with Crippen molar-refractivity contribution in [3.05, 3.63) is 63.2 Å². The molecule has 1 atom stereocenters. The number of fused-ring (bicyclic) bond motifs is 2.